The Morgan fingerprint density at radius 3 is 2.47 bits per heavy atom. The quantitative estimate of drug-likeness (QED) is 0.835. The monoisotopic (exact) mass is 275 g/mol. The zero-order chi connectivity index (χ0) is 12.8. The Morgan fingerprint density at radius 2 is 1.94 bits per heavy atom. The third-order valence-electron chi connectivity index (χ3n) is 2.16. The van der Waals surface area contributed by atoms with Gasteiger partial charge in [0.05, 0.1) is 12.5 Å². The van der Waals surface area contributed by atoms with Crippen molar-refractivity contribution in [2.24, 2.45) is 5.92 Å². The summed E-state index contributed by atoms with van der Waals surface area (Å²) in [5.74, 6) is -0.430. The highest BCUT2D eigenvalue weighted by molar-refractivity contribution is 6.35. The predicted octanol–water partition coefficient (Wildman–Crippen LogP) is 3.60. The first kappa shape index (κ1) is 14.1. The number of hydrogen-bond donors (Lipinski definition) is 1. The second-order valence-electron chi connectivity index (χ2n) is 3.69. The van der Waals surface area contributed by atoms with Crippen LogP contribution in [0.3, 0.4) is 0 Å². The number of nitrogens with one attached hydrogen (secondary N) is 1. The van der Waals surface area contributed by atoms with E-state index in [0.29, 0.717) is 23.2 Å². The van der Waals surface area contributed by atoms with Crippen molar-refractivity contribution in [1.29, 1.82) is 0 Å². The zero-order valence-electron chi connectivity index (χ0n) is 9.80. The molecule has 1 aromatic carbocycles. The van der Waals surface area contributed by atoms with Crippen molar-refractivity contribution in [2.75, 3.05) is 18.5 Å². The fraction of sp³-hybridized carbons (Fsp3) is 0.417. The van der Waals surface area contributed by atoms with Gasteiger partial charge in [0, 0.05) is 22.3 Å². The van der Waals surface area contributed by atoms with Crippen LogP contribution < -0.4 is 5.32 Å². The van der Waals surface area contributed by atoms with Gasteiger partial charge in [0.1, 0.15) is 0 Å². The van der Waals surface area contributed by atoms with E-state index in [1.165, 1.54) is 0 Å². The van der Waals surface area contributed by atoms with Crippen LogP contribution in [-0.4, -0.2) is 19.1 Å². The zero-order valence-corrected chi connectivity index (χ0v) is 11.3. The Hall–Kier alpha value is -0.930. The van der Waals surface area contributed by atoms with Crippen molar-refractivity contribution >= 4 is 34.9 Å². The molecule has 0 heterocycles. The Morgan fingerprint density at radius 1 is 1.35 bits per heavy atom. The number of hydrogen-bond acceptors (Lipinski definition) is 3. The first-order valence-corrected chi connectivity index (χ1v) is 6.15. The third kappa shape index (κ3) is 4.84. The maximum absolute atomic E-state index is 11.4. The van der Waals surface area contributed by atoms with Gasteiger partial charge < -0.3 is 10.1 Å². The molecule has 1 unspecified atom stereocenters. The van der Waals surface area contributed by atoms with E-state index in [4.69, 9.17) is 27.9 Å². The van der Waals surface area contributed by atoms with Crippen LogP contribution in [0.15, 0.2) is 18.2 Å². The molecule has 0 aromatic heterocycles. The molecule has 0 saturated carbocycles. The molecule has 0 spiro atoms. The number of benzene rings is 1. The van der Waals surface area contributed by atoms with Crippen LogP contribution in [0, 0.1) is 5.92 Å². The molecule has 3 nitrogen and oxygen atoms in total. The summed E-state index contributed by atoms with van der Waals surface area (Å²) in [5, 5.41) is 4.21. The van der Waals surface area contributed by atoms with E-state index in [9.17, 15) is 4.79 Å². The summed E-state index contributed by atoms with van der Waals surface area (Å²) in [5.41, 5.74) is 0.790. The van der Waals surface area contributed by atoms with Gasteiger partial charge in [0.15, 0.2) is 0 Å². The highest BCUT2D eigenvalue weighted by Gasteiger charge is 2.13. The maximum Gasteiger partial charge on any atom is 0.310 e. The summed E-state index contributed by atoms with van der Waals surface area (Å²) in [7, 11) is 0. The van der Waals surface area contributed by atoms with E-state index >= 15 is 0 Å². The standard InChI is InChI=1S/C12H15Cl2NO2/c1-3-17-12(16)8(2)7-15-11-5-9(13)4-10(14)6-11/h4-6,8,15H,3,7H2,1-2H3. The lowest BCUT2D eigenvalue weighted by Gasteiger charge is -2.12. The van der Waals surface area contributed by atoms with Crippen LogP contribution in [0.2, 0.25) is 10.0 Å². The van der Waals surface area contributed by atoms with Crippen LogP contribution in [0.1, 0.15) is 13.8 Å². The van der Waals surface area contributed by atoms with E-state index in [1.807, 2.05) is 0 Å². The molecule has 1 atom stereocenters. The molecule has 0 fully saturated rings. The molecule has 1 N–H and O–H groups in total. The van der Waals surface area contributed by atoms with Crippen molar-refractivity contribution < 1.29 is 9.53 Å². The second-order valence-corrected chi connectivity index (χ2v) is 4.56. The van der Waals surface area contributed by atoms with Gasteiger partial charge in [-0.25, -0.2) is 0 Å². The van der Waals surface area contributed by atoms with Crippen LogP contribution in [0.25, 0.3) is 0 Å². The molecule has 0 amide bonds. The van der Waals surface area contributed by atoms with E-state index in [2.05, 4.69) is 5.32 Å². The van der Waals surface area contributed by atoms with E-state index < -0.39 is 0 Å². The van der Waals surface area contributed by atoms with Crippen molar-refractivity contribution in [3.8, 4) is 0 Å². The highest BCUT2D eigenvalue weighted by Crippen LogP contribution is 2.22. The van der Waals surface area contributed by atoms with Gasteiger partial charge >= 0.3 is 5.97 Å². The molecule has 0 aliphatic carbocycles. The molecule has 0 saturated heterocycles. The topological polar surface area (TPSA) is 38.3 Å². The molecule has 0 aliphatic heterocycles. The predicted molar refractivity (Wildman–Crippen MR) is 70.7 cm³/mol. The van der Waals surface area contributed by atoms with Crippen LogP contribution >= 0.6 is 23.2 Å². The Bertz CT molecular complexity index is 376. The van der Waals surface area contributed by atoms with Gasteiger partial charge in [0.25, 0.3) is 0 Å². The highest BCUT2D eigenvalue weighted by atomic mass is 35.5. The first-order valence-electron chi connectivity index (χ1n) is 5.39. The van der Waals surface area contributed by atoms with Gasteiger partial charge in [0.2, 0.25) is 0 Å². The molecular formula is C12H15Cl2NO2. The second kappa shape index (κ2) is 6.72. The van der Waals surface area contributed by atoms with Crippen molar-refractivity contribution in [3.05, 3.63) is 28.2 Å². The molecule has 0 aliphatic rings. The molecule has 5 heteroatoms. The molecule has 0 radical (unpaired) electrons. The number of ether oxygens (including phenoxy) is 1. The van der Waals surface area contributed by atoms with Crippen molar-refractivity contribution in [2.45, 2.75) is 13.8 Å². The molecule has 94 valence electrons. The summed E-state index contributed by atoms with van der Waals surface area (Å²) in [4.78, 5) is 11.4. The van der Waals surface area contributed by atoms with Crippen LogP contribution in [0.5, 0.6) is 0 Å². The maximum atomic E-state index is 11.4. The molecular weight excluding hydrogens is 261 g/mol. The molecule has 1 rings (SSSR count). The van der Waals surface area contributed by atoms with Gasteiger partial charge in [-0.2, -0.15) is 0 Å². The van der Waals surface area contributed by atoms with E-state index in [1.54, 1.807) is 32.0 Å². The Balaban J connectivity index is 2.52. The van der Waals surface area contributed by atoms with E-state index in [-0.39, 0.29) is 11.9 Å². The lowest BCUT2D eigenvalue weighted by molar-refractivity contribution is -0.146. The largest absolute Gasteiger partial charge is 0.466 e. The Kier molecular flexibility index (Phi) is 5.59. The summed E-state index contributed by atoms with van der Waals surface area (Å²) in [6.45, 7) is 4.47. The van der Waals surface area contributed by atoms with Gasteiger partial charge in [-0.15, -0.1) is 0 Å². The van der Waals surface area contributed by atoms with Gasteiger partial charge in [-0.1, -0.05) is 30.1 Å². The minimum Gasteiger partial charge on any atom is -0.466 e. The van der Waals surface area contributed by atoms with E-state index in [0.717, 1.165) is 5.69 Å². The number of esters is 1. The smallest absolute Gasteiger partial charge is 0.310 e. The molecule has 17 heavy (non-hydrogen) atoms. The summed E-state index contributed by atoms with van der Waals surface area (Å²) in [6.07, 6.45) is 0. The minimum atomic E-state index is -0.215. The first-order chi connectivity index (χ1) is 8.02. The Labute approximate surface area is 111 Å². The third-order valence-corrected chi connectivity index (χ3v) is 2.60. The van der Waals surface area contributed by atoms with Crippen molar-refractivity contribution in [3.63, 3.8) is 0 Å². The number of anilines is 1. The number of carbonyl (C=O) groups excluding carboxylic acids is 1. The molecule has 1 aromatic rings. The number of halogens is 2. The molecule has 0 bridgehead atoms. The lowest BCUT2D eigenvalue weighted by atomic mass is 10.2. The number of rotatable bonds is 5. The summed E-state index contributed by atoms with van der Waals surface area (Å²) in [6, 6.07) is 5.17. The number of carbonyl (C=O) groups is 1. The SMILES string of the molecule is CCOC(=O)C(C)CNc1cc(Cl)cc(Cl)c1. The van der Waals surface area contributed by atoms with Gasteiger partial charge in [-0.3, -0.25) is 4.79 Å². The van der Waals surface area contributed by atoms with Crippen LogP contribution in [-0.2, 0) is 9.53 Å². The van der Waals surface area contributed by atoms with Crippen LogP contribution in [0.4, 0.5) is 5.69 Å². The van der Waals surface area contributed by atoms with Crippen molar-refractivity contribution in [1.82, 2.24) is 0 Å². The lowest BCUT2D eigenvalue weighted by Crippen LogP contribution is -2.22. The minimum absolute atomic E-state index is 0.215. The summed E-state index contributed by atoms with van der Waals surface area (Å²) >= 11 is 11.7. The normalized spacial score (nSPS) is 12.0. The average molecular weight is 276 g/mol. The average Bonchev–Trinajstić information content (AvgIpc) is 2.25. The fourth-order valence-corrected chi connectivity index (χ4v) is 1.82. The summed E-state index contributed by atoms with van der Waals surface area (Å²) < 4.78 is 4.91. The fourth-order valence-electron chi connectivity index (χ4n) is 1.29. The van der Waals surface area contributed by atoms with Gasteiger partial charge in [-0.05, 0) is 25.1 Å².